The van der Waals surface area contributed by atoms with E-state index in [-0.39, 0.29) is 0 Å². The second kappa shape index (κ2) is 9.93. The van der Waals surface area contributed by atoms with Crippen molar-refractivity contribution in [3.8, 4) is 0 Å². The molecule has 0 bridgehead atoms. The highest BCUT2D eigenvalue weighted by Gasteiger charge is 2.02. The Labute approximate surface area is 96.3 Å². The van der Waals surface area contributed by atoms with Crippen molar-refractivity contribution < 1.29 is 14.9 Å². The van der Waals surface area contributed by atoms with Crippen LogP contribution in [-0.2, 0) is 4.89 Å². The van der Waals surface area contributed by atoms with E-state index in [9.17, 15) is 4.79 Å². The van der Waals surface area contributed by atoms with Gasteiger partial charge < -0.3 is 0 Å². The van der Waals surface area contributed by atoms with Gasteiger partial charge in [0, 0.05) is 0 Å². The van der Waals surface area contributed by atoms with Crippen molar-refractivity contribution in [1.29, 1.82) is 0 Å². The first-order valence-corrected chi connectivity index (χ1v) is 5.32. The van der Waals surface area contributed by atoms with E-state index in [0.717, 1.165) is 0 Å². The molecule has 0 fully saturated rings. The summed E-state index contributed by atoms with van der Waals surface area (Å²) in [5.41, 5.74) is 0.338. The molecule has 0 aromatic heterocycles. The lowest BCUT2D eigenvalue weighted by molar-refractivity contribution is -0.182. The molecule has 1 aromatic carbocycles. The number of carbonyl (C=O) groups is 1. The molecular weight excluding hydrogens is 204 g/mol. The number of allylic oxidation sites excluding steroid dienone is 2. The smallest absolute Gasteiger partial charge is 0.296 e. The molecule has 0 saturated carbocycles. The highest BCUT2D eigenvalue weighted by atomic mass is 17.1. The summed E-state index contributed by atoms with van der Waals surface area (Å²) in [7, 11) is 0. The first kappa shape index (κ1) is 14.4. The fourth-order valence-electron chi connectivity index (χ4n) is 0.960. The number of hydrogen-bond acceptors (Lipinski definition) is 3. The average Bonchev–Trinajstić information content (AvgIpc) is 2.37. The minimum atomic E-state index is -0.736. The molecule has 0 aliphatic carbocycles. The monoisotopic (exact) mass is 222 g/mol. The van der Waals surface area contributed by atoms with Crippen molar-refractivity contribution in [2.75, 3.05) is 0 Å². The van der Waals surface area contributed by atoms with Crippen LogP contribution in [0.15, 0.2) is 42.5 Å². The van der Waals surface area contributed by atoms with Crippen molar-refractivity contribution in [1.82, 2.24) is 0 Å². The summed E-state index contributed by atoms with van der Waals surface area (Å²) >= 11 is 0. The van der Waals surface area contributed by atoms with Gasteiger partial charge in [-0.25, -0.2) is 4.79 Å². The van der Waals surface area contributed by atoms with E-state index in [1.165, 1.54) is 12.8 Å². The zero-order valence-corrected chi connectivity index (χ0v) is 9.72. The van der Waals surface area contributed by atoms with Gasteiger partial charge >= 0.3 is 5.97 Å². The van der Waals surface area contributed by atoms with Gasteiger partial charge in [-0.1, -0.05) is 44.2 Å². The van der Waals surface area contributed by atoms with Gasteiger partial charge in [0.05, 0.1) is 5.56 Å². The van der Waals surface area contributed by atoms with Crippen molar-refractivity contribution >= 4 is 5.97 Å². The molecule has 16 heavy (non-hydrogen) atoms. The Balaban J connectivity index is 0.000000325. The second-order valence-corrected chi connectivity index (χ2v) is 3.03. The predicted molar refractivity (Wildman–Crippen MR) is 64.2 cm³/mol. The molecule has 1 N–H and O–H groups in total. The summed E-state index contributed by atoms with van der Waals surface area (Å²) in [4.78, 5) is 14.0. The van der Waals surface area contributed by atoms with E-state index in [4.69, 9.17) is 5.26 Å². The lowest BCUT2D eigenvalue weighted by Crippen LogP contribution is -2.00. The third-order valence-electron chi connectivity index (χ3n) is 1.73. The van der Waals surface area contributed by atoms with Crippen LogP contribution < -0.4 is 0 Å². The summed E-state index contributed by atoms with van der Waals surface area (Å²) in [5.74, 6) is -0.736. The molecule has 0 heterocycles. The summed E-state index contributed by atoms with van der Waals surface area (Å²) in [6.07, 6.45) is 6.71. The SMILES string of the molecule is CCC=CCC.O=C(OO)c1ccccc1. The van der Waals surface area contributed by atoms with Gasteiger partial charge in [-0.3, -0.25) is 4.89 Å². The van der Waals surface area contributed by atoms with Gasteiger partial charge in [0.1, 0.15) is 0 Å². The number of rotatable bonds is 3. The van der Waals surface area contributed by atoms with Gasteiger partial charge in [-0.2, -0.15) is 5.26 Å². The first-order valence-electron chi connectivity index (χ1n) is 5.32. The van der Waals surface area contributed by atoms with Crippen LogP contribution in [0, 0.1) is 0 Å². The maximum Gasteiger partial charge on any atom is 0.372 e. The number of carbonyl (C=O) groups excluding carboxylic acids is 1. The summed E-state index contributed by atoms with van der Waals surface area (Å²) in [6, 6.07) is 8.25. The zero-order chi connectivity index (χ0) is 12.2. The lowest BCUT2D eigenvalue weighted by atomic mass is 10.2. The van der Waals surface area contributed by atoms with Gasteiger partial charge in [-0.05, 0) is 25.0 Å². The maximum atomic E-state index is 10.5. The molecule has 0 saturated heterocycles. The average molecular weight is 222 g/mol. The molecule has 88 valence electrons. The van der Waals surface area contributed by atoms with Crippen molar-refractivity contribution in [2.24, 2.45) is 0 Å². The second-order valence-electron chi connectivity index (χ2n) is 3.03. The normalized spacial score (nSPS) is 9.44. The summed E-state index contributed by atoms with van der Waals surface area (Å²) in [6.45, 7) is 4.29. The highest BCUT2D eigenvalue weighted by molar-refractivity contribution is 5.88. The zero-order valence-electron chi connectivity index (χ0n) is 9.72. The fourth-order valence-corrected chi connectivity index (χ4v) is 0.960. The van der Waals surface area contributed by atoms with E-state index >= 15 is 0 Å². The Morgan fingerprint density at radius 2 is 1.69 bits per heavy atom. The van der Waals surface area contributed by atoms with Crippen molar-refractivity contribution in [2.45, 2.75) is 26.7 Å². The molecule has 0 radical (unpaired) electrons. The van der Waals surface area contributed by atoms with Crippen LogP contribution in [0.2, 0.25) is 0 Å². The van der Waals surface area contributed by atoms with Crippen LogP contribution in [-0.4, -0.2) is 11.2 Å². The van der Waals surface area contributed by atoms with Crippen LogP contribution in [0.3, 0.4) is 0 Å². The van der Waals surface area contributed by atoms with Gasteiger partial charge in [0.2, 0.25) is 0 Å². The van der Waals surface area contributed by atoms with E-state index in [1.54, 1.807) is 30.3 Å². The largest absolute Gasteiger partial charge is 0.372 e. The third-order valence-corrected chi connectivity index (χ3v) is 1.73. The van der Waals surface area contributed by atoms with Crippen LogP contribution in [0.1, 0.15) is 37.0 Å². The maximum absolute atomic E-state index is 10.5. The summed E-state index contributed by atoms with van der Waals surface area (Å²) < 4.78 is 0. The minimum absolute atomic E-state index is 0.338. The molecule has 0 spiro atoms. The van der Waals surface area contributed by atoms with Crippen LogP contribution in [0.25, 0.3) is 0 Å². The van der Waals surface area contributed by atoms with Crippen LogP contribution in [0.4, 0.5) is 0 Å². The third kappa shape index (κ3) is 6.79. The summed E-state index contributed by atoms with van der Waals surface area (Å²) in [5, 5.41) is 7.94. The predicted octanol–water partition coefficient (Wildman–Crippen LogP) is 3.68. The van der Waals surface area contributed by atoms with Crippen molar-refractivity contribution in [3.63, 3.8) is 0 Å². The Morgan fingerprint density at radius 1 is 1.19 bits per heavy atom. The molecule has 0 aliphatic heterocycles. The van der Waals surface area contributed by atoms with Gasteiger partial charge in [0.25, 0.3) is 0 Å². The molecule has 0 amide bonds. The standard InChI is InChI=1S/C7H6O3.C6H12/c8-7(10-9)6-4-2-1-3-5-6;1-3-5-6-4-2/h1-5,9H;5-6H,3-4H2,1-2H3. The van der Waals surface area contributed by atoms with E-state index in [0.29, 0.717) is 5.56 Å². The molecule has 3 nitrogen and oxygen atoms in total. The number of benzene rings is 1. The molecule has 3 heteroatoms. The Hall–Kier alpha value is -1.61. The first-order chi connectivity index (χ1) is 7.76. The Bertz CT molecular complexity index is 298. The van der Waals surface area contributed by atoms with E-state index < -0.39 is 5.97 Å². The van der Waals surface area contributed by atoms with Gasteiger partial charge in [0.15, 0.2) is 0 Å². The number of hydrogen-bond donors (Lipinski definition) is 1. The van der Waals surface area contributed by atoms with Gasteiger partial charge in [-0.15, -0.1) is 0 Å². The molecule has 0 atom stereocenters. The quantitative estimate of drug-likeness (QED) is 0.482. The van der Waals surface area contributed by atoms with E-state index in [1.807, 2.05) is 0 Å². The highest BCUT2D eigenvalue weighted by Crippen LogP contribution is 1.98. The van der Waals surface area contributed by atoms with Crippen molar-refractivity contribution in [3.05, 3.63) is 48.0 Å². The Morgan fingerprint density at radius 3 is 2.06 bits per heavy atom. The molecule has 1 aromatic rings. The topological polar surface area (TPSA) is 46.5 Å². The minimum Gasteiger partial charge on any atom is -0.296 e. The molecule has 0 unspecified atom stereocenters. The van der Waals surface area contributed by atoms with Crippen LogP contribution >= 0.6 is 0 Å². The lowest BCUT2D eigenvalue weighted by Gasteiger charge is -1.92. The molecular formula is C13H18O3. The van der Waals surface area contributed by atoms with E-state index in [2.05, 4.69) is 30.9 Å². The molecule has 0 aliphatic rings. The Kier molecular flexibility index (Phi) is 8.93. The fraction of sp³-hybridized carbons (Fsp3) is 0.308. The molecule has 1 rings (SSSR count). The van der Waals surface area contributed by atoms with Crippen LogP contribution in [0.5, 0.6) is 0 Å².